The number of aliphatic hydroxyl groups excluding tert-OH is 1. The zero-order valence-corrected chi connectivity index (χ0v) is 21.7. The van der Waals surface area contributed by atoms with Crippen molar-refractivity contribution >= 4 is 21.6 Å². The molecule has 0 atom stereocenters. The second-order valence-corrected chi connectivity index (χ2v) is 11.3. The predicted octanol–water partition coefficient (Wildman–Crippen LogP) is 4.56. The van der Waals surface area contributed by atoms with Crippen molar-refractivity contribution in [2.24, 2.45) is 0 Å². The maximum absolute atomic E-state index is 13.4. The van der Waals surface area contributed by atoms with Crippen LogP contribution >= 0.6 is 0 Å². The van der Waals surface area contributed by atoms with Gasteiger partial charge in [0.1, 0.15) is 0 Å². The number of sulfonamides is 1. The third kappa shape index (κ3) is 4.70. The van der Waals surface area contributed by atoms with E-state index in [9.17, 15) is 18.3 Å². The topological polar surface area (TPSA) is 105 Å². The minimum atomic E-state index is -3.69. The number of benzene rings is 3. The van der Waals surface area contributed by atoms with Crippen molar-refractivity contribution < 1.29 is 30.6 Å². The van der Waals surface area contributed by atoms with Crippen LogP contribution in [0.5, 0.6) is 11.5 Å². The summed E-state index contributed by atoms with van der Waals surface area (Å²) in [5.41, 5.74) is 3.75. The van der Waals surface area contributed by atoms with Gasteiger partial charge in [0.25, 0.3) is 0 Å². The lowest BCUT2D eigenvalue weighted by molar-refractivity contribution is -0.118. The second-order valence-electron chi connectivity index (χ2n) is 9.38. The van der Waals surface area contributed by atoms with E-state index in [2.05, 4.69) is 5.32 Å². The first kappa shape index (κ1) is 25.3. The summed E-state index contributed by atoms with van der Waals surface area (Å²) in [7, 11) is -3.69. The summed E-state index contributed by atoms with van der Waals surface area (Å²) in [5.74, 6) is 1.29. The smallest absolute Gasteiger partial charge is 0.243 e. The number of aliphatic hydroxyl groups is 1. The highest BCUT2D eigenvalue weighted by Gasteiger charge is 2.51. The summed E-state index contributed by atoms with van der Waals surface area (Å²) in [4.78, 5) is 13.5. The Morgan fingerprint density at radius 3 is 2.46 bits per heavy atom. The highest BCUT2D eigenvalue weighted by Crippen LogP contribution is 2.51. The number of carbonyl (C=O) groups is 1. The SMILES string of the molecule is CCN(CCO)S(=O)(=O)c1ccc(-c2cc(NC(=O)C3(c4ccc5c(c4)OCO5)CC3)ccc2C)cc1.[HH].[HH]. The maximum Gasteiger partial charge on any atom is 0.243 e. The van der Waals surface area contributed by atoms with Gasteiger partial charge in [-0.15, -0.1) is 0 Å². The molecule has 0 bridgehead atoms. The lowest BCUT2D eigenvalue weighted by Gasteiger charge is -2.19. The number of carbonyl (C=O) groups excluding carboxylic acids is 1. The summed E-state index contributed by atoms with van der Waals surface area (Å²) in [6, 6.07) is 18.1. The van der Waals surface area contributed by atoms with E-state index in [0.29, 0.717) is 17.2 Å². The van der Waals surface area contributed by atoms with Crippen molar-refractivity contribution in [1.29, 1.82) is 0 Å². The lowest BCUT2D eigenvalue weighted by Crippen LogP contribution is -2.33. The van der Waals surface area contributed by atoms with Gasteiger partial charge in [0.05, 0.1) is 16.9 Å². The minimum absolute atomic E-state index is 0. The van der Waals surface area contributed by atoms with Gasteiger partial charge in [-0.1, -0.05) is 31.2 Å². The van der Waals surface area contributed by atoms with Crippen LogP contribution < -0.4 is 14.8 Å². The van der Waals surface area contributed by atoms with Gasteiger partial charge in [-0.05, 0) is 78.4 Å². The molecule has 5 rings (SSSR count). The first-order chi connectivity index (χ1) is 17.8. The van der Waals surface area contributed by atoms with Crippen molar-refractivity contribution in [2.75, 3.05) is 31.8 Å². The van der Waals surface area contributed by atoms with E-state index in [-0.39, 0.29) is 40.1 Å². The van der Waals surface area contributed by atoms with Crippen LogP contribution in [0.1, 0.15) is 33.7 Å². The van der Waals surface area contributed by atoms with Crippen LogP contribution in [0.4, 0.5) is 5.69 Å². The average Bonchev–Trinajstić information content (AvgIpc) is 3.59. The molecule has 0 radical (unpaired) electrons. The summed E-state index contributed by atoms with van der Waals surface area (Å²) in [6.07, 6.45) is 1.52. The number of hydrogen-bond acceptors (Lipinski definition) is 6. The van der Waals surface area contributed by atoms with Gasteiger partial charge in [-0.25, -0.2) is 8.42 Å². The van der Waals surface area contributed by atoms with Crippen LogP contribution in [-0.2, 0) is 20.2 Å². The third-order valence-electron chi connectivity index (χ3n) is 7.11. The zero-order valence-electron chi connectivity index (χ0n) is 20.9. The van der Waals surface area contributed by atoms with Gasteiger partial charge in [0, 0.05) is 21.6 Å². The number of nitrogens with zero attached hydrogens (tertiary/aromatic N) is 1. The molecule has 1 aliphatic heterocycles. The molecule has 2 N–H and O–H groups in total. The van der Waals surface area contributed by atoms with Crippen molar-refractivity contribution in [3.8, 4) is 22.6 Å². The van der Waals surface area contributed by atoms with Gasteiger partial charge in [-0.3, -0.25) is 4.79 Å². The standard InChI is InChI=1S/C28H30N2O6S.2H2/c1-3-30(14-15-31)37(33,34)23-9-5-20(6-10-23)24-17-22(8-4-19(24)2)29-27(32)28(12-13-28)21-7-11-25-26(16-21)36-18-35-25;;/h4-11,16-17,31H,3,12-15,18H2,1-2H3,(H,29,32);2*1H. The van der Waals surface area contributed by atoms with Crippen molar-refractivity contribution in [2.45, 2.75) is 37.0 Å². The fraction of sp³-hybridized carbons (Fsp3) is 0.321. The van der Waals surface area contributed by atoms with E-state index in [1.807, 2.05) is 43.3 Å². The fourth-order valence-electron chi connectivity index (χ4n) is 4.74. The molecule has 1 saturated carbocycles. The number of anilines is 1. The quantitative estimate of drug-likeness (QED) is 0.424. The normalized spacial score (nSPS) is 15.6. The Morgan fingerprint density at radius 1 is 1.05 bits per heavy atom. The van der Waals surface area contributed by atoms with Gasteiger partial charge >= 0.3 is 0 Å². The molecule has 8 nitrogen and oxygen atoms in total. The number of rotatable bonds is 9. The highest BCUT2D eigenvalue weighted by atomic mass is 32.2. The number of hydrogen-bond donors (Lipinski definition) is 2. The molecule has 9 heteroatoms. The van der Waals surface area contributed by atoms with Crippen molar-refractivity contribution in [3.63, 3.8) is 0 Å². The van der Waals surface area contributed by atoms with Crippen LogP contribution in [-0.4, -0.2) is 50.2 Å². The van der Waals surface area contributed by atoms with Crippen LogP contribution in [0.3, 0.4) is 0 Å². The zero-order chi connectivity index (χ0) is 26.2. The first-order valence-corrected chi connectivity index (χ1v) is 13.8. The maximum atomic E-state index is 13.4. The minimum Gasteiger partial charge on any atom is -0.454 e. The molecular weight excluding hydrogens is 492 g/mol. The van der Waals surface area contributed by atoms with Crippen molar-refractivity contribution in [3.05, 3.63) is 71.8 Å². The van der Waals surface area contributed by atoms with Gasteiger partial charge in [0.2, 0.25) is 22.7 Å². The number of aryl methyl sites for hydroxylation is 1. The van der Waals surface area contributed by atoms with E-state index in [1.165, 1.54) is 4.31 Å². The summed E-state index contributed by atoms with van der Waals surface area (Å²) >= 11 is 0. The molecule has 1 heterocycles. The van der Waals surface area contributed by atoms with Gasteiger partial charge in [-0.2, -0.15) is 4.31 Å². The van der Waals surface area contributed by atoms with Gasteiger partial charge < -0.3 is 19.9 Å². The van der Waals surface area contributed by atoms with E-state index in [1.54, 1.807) is 31.2 Å². The van der Waals surface area contributed by atoms with Gasteiger partial charge in [0.15, 0.2) is 11.5 Å². The van der Waals surface area contributed by atoms with E-state index in [4.69, 9.17) is 9.47 Å². The first-order valence-electron chi connectivity index (χ1n) is 12.3. The van der Waals surface area contributed by atoms with Crippen LogP contribution in [0, 0.1) is 6.92 Å². The monoisotopic (exact) mass is 526 g/mol. The van der Waals surface area contributed by atoms with E-state index < -0.39 is 15.4 Å². The Bertz CT molecular complexity index is 1440. The van der Waals surface area contributed by atoms with Crippen molar-refractivity contribution in [1.82, 2.24) is 4.31 Å². The number of ether oxygens (including phenoxy) is 2. The molecule has 3 aromatic rings. The van der Waals surface area contributed by atoms with Crippen LogP contribution in [0.15, 0.2) is 65.6 Å². The van der Waals surface area contributed by atoms with E-state index >= 15 is 0 Å². The van der Waals surface area contributed by atoms with E-state index in [0.717, 1.165) is 35.1 Å². The Labute approximate surface area is 219 Å². The molecule has 0 aromatic heterocycles. The van der Waals surface area contributed by atoms with Crippen LogP contribution in [0.25, 0.3) is 11.1 Å². The molecule has 0 unspecified atom stereocenters. The second kappa shape index (κ2) is 9.81. The number of fused-ring (bicyclic) bond motifs is 1. The molecule has 3 aromatic carbocycles. The Hall–Kier alpha value is -3.40. The highest BCUT2D eigenvalue weighted by molar-refractivity contribution is 7.89. The van der Waals surface area contributed by atoms with Crippen LogP contribution in [0.2, 0.25) is 0 Å². The average molecular weight is 527 g/mol. The lowest BCUT2D eigenvalue weighted by atomic mass is 9.94. The Balaban J connectivity index is 0.00000210. The number of likely N-dealkylation sites (N-methyl/N-ethyl adjacent to an activating group) is 1. The molecule has 198 valence electrons. The molecule has 1 aliphatic carbocycles. The molecule has 0 spiro atoms. The molecule has 2 aliphatic rings. The Morgan fingerprint density at radius 2 is 1.78 bits per heavy atom. The molecule has 1 fully saturated rings. The third-order valence-corrected chi connectivity index (χ3v) is 9.10. The Kier molecular flexibility index (Phi) is 6.70. The predicted molar refractivity (Wildman–Crippen MR) is 144 cm³/mol. The number of amides is 1. The molecule has 1 amide bonds. The summed E-state index contributed by atoms with van der Waals surface area (Å²) in [5, 5.41) is 12.3. The molecular formula is C28H34N2O6S. The summed E-state index contributed by atoms with van der Waals surface area (Å²) < 4.78 is 37.9. The summed E-state index contributed by atoms with van der Waals surface area (Å²) in [6.45, 7) is 3.99. The molecule has 0 saturated heterocycles. The number of nitrogens with one attached hydrogen (secondary N) is 1. The largest absolute Gasteiger partial charge is 0.454 e. The molecule has 37 heavy (non-hydrogen) atoms. The fourth-order valence-corrected chi connectivity index (χ4v) is 6.18.